The van der Waals surface area contributed by atoms with Crippen LogP contribution in [0.3, 0.4) is 0 Å². The fraction of sp³-hybridized carbons (Fsp3) is 0.344. The highest BCUT2D eigenvalue weighted by Crippen LogP contribution is 2.41. The van der Waals surface area contributed by atoms with Gasteiger partial charge in [0.15, 0.2) is 5.82 Å². The molecular weight excluding hydrogens is 552 g/mol. The second-order valence-corrected chi connectivity index (χ2v) is 11.9. The number of aliphatic hydroxyl groups is 1. The summed E-state index contributed by atoms with van der Waals surface area (Å²) in [5, 5.41) is 38.3. The van der Waals surface area contributed by atoms with Gasteiger partial charge in [0.1, 0.15) is 34.6 Å². The largest absolute Gasteiger partial charge is 0.388 e. The average Bonchev–Trinajstić information content (AvgIpc) is 3.68. The molecule has 0 radical (unpaired) electrons. The first-order valence-corrected chi connectivity index (χ1v) is 14.3. The number of amides is 1. The molecule has 0 spiro atoms. The fourth-order valence-electron chi connectivity index (χ4n) is 6.97. The minimum absolute atomic E-state index is 0.0282. The molecule has 3 aliphatic rings. The number of carbonyl (C=O) groups is 1. The number of aromatic nitrogens is 3. The number of nitrogens with two attached hydrogens (primary N) is 1. The van der Waals surface area contributed by atoms with Crippen molar-refractivity contribution in [3.8, 4) is 34.4 Å². The predicted molar refractivity (Wildman–Crippen MR) is 152 cm³/mol. The molecule has 216 valence electrons. The van der Waals surface area contributed by atoms with Gasteiger partial charge >= 0.3 is 0 Å². The molecule has 2 saturated heterocycles. The molecule has 1 aromatic heterocycles. The summed E-state index contributed by atoms with van der Waals surface area (Å²) >= 11 is 0. The smallest absolute Gasteiger partial charge is 0.254 e. The van der Waals surface area contributed by atoms with E-state index in [4.69, 9.17) is 5.73 Å². The molecule has 3 fully saturated rings. The summed E-state index contributed by atoms with van der Waals surface area (Å²) in [5.74, 6) is -1.78. The maximum Gasteiger partial charge on any atom is 0.254 e. The predicted octanol–water partition coefficient (Wildman–Crippen LogP) is 4.41. The van der Waals surface area contributed by atoms with E-state index < -0.39 is 17.2 Å². The molecule has 0 unspecified atom stereocenters. The second-order valence-electron chi connectivity index (χ2n) is 11.9. The van der Waals surface area contributed by atoms with E-state index in [0.717, 1.165) is 25.7 Å². The number of nitrogens with zero attached hydrogens (tertiary/aromatic N) is 6. The number of hydrogen-bond donors (Lipinski definition) is 2. The molecule has 3 heterocycles. The van der Waals surface area contributed by atoms with Crippen LogP contribution in [0.25, 0.3) is 33.3 Å². The molecule has 9 nitrogen and oxygen atoms in total. The van der Waals surface area contributed by atoms with Crippen LogP contribution in [0.2, 0.25) is 0 Å². The van der Waals surface area contributed by atoms with E-state index in [2.05, 4.69) is 10.3 Å². The zero-order valence-corrected chi connectivity index (χ0v) is 23.1. The Labute approximate surface area is 245 Å². The molecule has 4 aromatic rings. The summed E-state index contributed by atoms with van der Waals surface area (Å²) in [6.07, 6.45) is 4.49. The van der Waals surface area contributed by atoms with Crippen LogP contribution < -0.4 is 5.73 Å². The molecule has 3 atom stereocenters. The summed E-state index contributed by atoms with van der Waals surface area (Å²) in [6.45, 7) is 0.0890. The van der Waals surface area contributed by atoms with Crippen molar-refractivity contribution >= 4 is 16.9 Å². The maximum absolute atomic E-state index is 16.3. The molecule has 11 heteroatoms. The Kier molecular flexibility index (Phi) is 6.27. The number of halogens is 2. The van der Waals surface area contributed by atoms with Gasteiger partial charge in [-0.25, -0.2) is 13.5 Å². The Morgan fingerprint density at radius 3 is 2.51 bits per heavy atom. The Bertz CT molecular complexity index is 1900. The lowest BCUT2D eigenvalue weighted by molar-refractivity contribution is -0.0492. The summed E-state index contributed by atoms with van der Waals surface area (Å²) < 4.78 is 32.5. The van der Waals surface area contributed by atoms with Crippen molar-refractivity contribution in [3.63, 3.8) is 0 Å². The van der Waals surface area contributed by atoms with Crippen LogP contribution in [-0.4, -0.2) is 54.6 Å². The molecule has 1 amide bonds. The van der Waals surface area contributed by atoms with E-state index in [1.165, 1.54) is 22.9 Å². The number of benzene rings is 3. The first-order valence-electron chi connectivity index (χ1n) is 14.3. The normalized spacial score (nSPS) is 21.9. The SMILES string of the molecule is N#Cc1ccc(-c2cc(C(=O)N3[C@@H]4CC[C@H]3[C@@H](N)C4)ccc2-c2cc3nnn(CC4(O)CCC4)c3c(C#N)c2F)cc1F. The van der Waals surface area contributed by atoms with Gasteiger partial charge in [-0.15, -0.1) is 5.10 Å². The highest BCUT2D eigenvalue weighted by molar-refractivity contribution is 5.99. The average molecular weight is 580 g/mol. The monoisotopic (exact) mass is 579 g/mol. The third kappa shape index (κ3) is 4.27. The molecule has 3 N–H and O–H groups in total. The fourth-order valence-corrected chi connectivity index (χ4v) is 6.97. The van der Waals surface area contributed by atoms with Crippen LogP contribution in [-0.2, 0) is 6.54 Å². The molecule has 7 rings (SSSR count). The molecule has 43 heavy (non-hydrogen) atoms. The van der Waals surface area contributed by atoms with Crippen molar-refractivity contribution in [2.24, 2.45) is 5.73 Å². The Hall–Kier alpha value is -4.71. The topological polar surface area (TPSA) is 145 Å². The van der Waals surface area contributed by atoms with Gasteiger partial charge in [-0.1, -0.05) is 17.3 Å². The van der Waals surface area contributed by atoms with Crippen molar-refractivity contribution < 1.29 is 18.7 Å². The molecule has 2 bridgehead atoms. The van der Waals surface area contributed by atoms with Gasteiger partial charge in [0.25, 0.3) is 5.91 Å². The summed E-state index contributed by atoms with van der Waals surface area (Å²) in [5.41, 5.74) is 6.67. The quantitative estimate of drug-likeness (QED) is 0.356. The van der Waals surface area contributed by atoms with E-state index >= 15 is 4.39 Å². The zero-order valence-electron chi connectivity index (χ0n) is 23.1. The van der Waals surface area contributed by atoms with E-state index in [0.29, 0.717) is 35.1 Å². The first kappa shape index (κ1) is 27.1. The number of hydrogen-bond acceptors (Lipinski definition) is 7. The minimum Gasteiger partial charge on any atom is -0.388 e. The van der Waals surface area contributed by atoms with E-state index in [-0.39, 0.29) is 58.3 Å². The molecule has 1 saturated carbocycles. The van der Waals surface area contributed by atoms with Crippen LogP contribution in [0.1, 0.15) is 60.0 Å². The zero-order chi connectivity index (χ0) is 30.0. The van der Waals surface area contributed by atoms with Crippen LogP contribution in [0.15, 0.2) is 42.5 Å². The van der Waals surface area contributed by atoms with Crippen molar-refractivity contribution in [1.82, 2.24) is 19.9 Å². The Balaban J connectivity index is 1.38. The van der Waals surface area contributed by atoms with Crippen molar-refractivity contribution in [2.45, 2.75) is 68.8 Å². The standard InChI is InChI=1S/C32H27F2N7O2/c33-25-11-17(2-3-19(25)14-35)22-10-18(31(42)41-20-5-7-28(41)26(37)12-20)4-6-21(22)23-13-27-30(24(15-36)29(23)34)40(39-38-27)16-32(43)8-1-9-32/h2-4,6,10-11,13,20,26,28,43H,1,5,7-9,12,16,37H2/t20-,26+,28+/m1/s1. The molecule has 3 aromatic carbocycles. The third-order valence-electron chi connectivity index (χ3n) is 9.35. The first-order chi connectivity index (χ1) is 20.7. The summed E-state index contributed by atoms with van der Waals surface area (Å²) in [7, 11) is 0. The molecule has 2 aliphatic heterocycles. The van der Waals surface area contributed by atoms with Crippen LogP contribution in [0, 0.1) is 34.3 Å². The van der Waals surface area contributed by atoms with Crippen LogP contribution in [0.5, 0.6) is 0 Å². The molecule has 1 aliphatic carbocycles. The number of nitriles is 2. The van der Waals surface area contributed by atoms with Gasteiger partial charge in [0.05, 0.1) is 17.7 Å². The highest BCUT2D eigenvalue weighted by atomic mass is 19.1. The van der Waals surface area contributed by atoms with Crippen molar-refractivity contribution in [3.05, 3.63) is 70.8 Å². The minimum atomic E-state index is -0.976. The van der Waals surface area contributed by atoms with Crippen molar-refractivity contribution in [2.75, 3.05) is 0 Å². The Morgan fingerprint density at radius 1 is 1.07 bits per heavy atom. The number of fused-ring (bicyclic) bond motifs is 3. The molecular formula is C32H27F2N7O2. The van der Waals surface area contributed by atoms with Gasteiger partial charge in [-0.05, 0) is 85.5 Å². The van der Waals surface area contributed by atoms with Gasteiger partial charge in [0, 0.05) is 29.3 Å². The van der Waals surface area contributed by atoms with Crippen LogP contribution in [0.4, 0.5) is 8.78 Å². The van der Waals surface area contributed by atoms with Crippen molar-refractivity contribution in [1.29, 1.82) is 10.5 Å². The lowest BCUT2D eigenvalue weighted by Crippen LogP contribution is -2.41. The Morgan fingerprint density at radius 2 is 1.88 bits per heavy atom. The highest BCUT2D eigenvalue weighted by Gasteiger charge is 2.47. The van der Waals surface area contributed by atoms with E-state index in [1.807, 2.05) is 11.0 Å². The third-order valence-corrected chi connectivity index (χ3v) is 9.35. The van der Waals surface area contributed by atoms with Gasteiger partial charge in [-0.3, -0.25) is 4.79 Å². The van der Waals surface area contributed by atoms with Crippen LogP contribution >= 0.6 is 0 Å². The van der Waals surface area contributed by atoms with E-state index in [1.54, 1.807) is 30.3 Å². The van der Waals surface area contributed by atoms with E-state index in [9.17, 15) is 24.8 Å². The maximum atomic E-state index is 16.3. The second kappa shape index (κ2) is 9.94. The van der Waals surface area contributed by atoms with Gasteiger partial charge < -0.3 is 15.7 Å². The van der Waals surface area contributed by atoms with Gasteiger partial charge in [-0.2, -0.15) is 10.5 Å². The van der Waals surface area contributed by atoms with Gasteiger partial charge in [0.2, 0.25) is 0 Å². The lowest BCUT2D eigenvalue weighted by Gasteiger charge is -2.36. The summed E-state index contributed by atoms with van der Waals surface area (Å²) in [4.78, 5) is 15.6. The number of rotatable bonds is 5. The lowest BCUT2D eigenvalue weighted by atomic mass is 9.80. The summed E-state index contributed by atoms with van der Waals surface area (Å²) in [6, 6.07) is 14.0. The number of carbonyl (C=O) groups excluding carboxylic acids is 1.